The fourth-order valence-corrected chi connectivity index (χ4v) is 3.34. The van der Waals surface area contributed by atoms with E-state index in [0.29, 0.717) is 24.1 Å². The molecule has 3 aromatic carbocycles. The minimum absolute atomic E-state index is 0.221. The van der Waals surface area contributed by atoms with Crippen LogP contribution in [0.3, 0.4) is 0 Å². The van der Waals surface area contributed by atoms with E-state index in [1.165, 1.54) is 0 Å². The highest BCUT2D eigenvalue weighted by molar-refractivity contribution is 5.99. The fourth-order valence-electron chi connectivity index (χ4n) is 3.34. The molecule has 2 amide bonds. The van der Waals surface area contributed by atoms with E-state index >= 15 is 0 Å². The Morgan fingerprint density at radius 3 is 1.86 bits per heavy atom. The molecule has 142 valence electrons. The normalized spacial score (nSPS) is 12.8. The zero-order chi connectivity index (χ0) is 20.0. The minimum atomic E-state index is -1.26. The van der Waals surface area contributed by atoms with E-state index in [1.807, 2.05) is 78.9 Å². The van der Waals surface area contributed by atoms with E-state index in [0.717, 1.165) is 5.56 Å². The van der Waals surface area contributed by atoms with Gasteiger partial charge in [0.15, 0.2) is 0 Å². The lowest BCUT2D eigenvalue weighted by atomic mass is 9.88. The molecule has 0 saturated carbocycles. The number of nitrogens with two attached hydrogens (primary N) is 1. The summed E-state index contributed by atoms with van der Waals surface area (Å²) in [6.07, 6.45) is 0.620. The number of carbonyl (C=O) groups excluding carboxylic acids is 2. The Hall–Kier alpha value is -3.40. The van der Waals surface area contributed by atoms with Crippen molar-refractivity contribution in [3.8, 4) is 0 Å². The Kier molecular flexibility index (Phi) is 5.90. The van der Waals surface area contributed by atoms with Crippen molar-refractivity contribution < 1.29 is 9.59 Å². The maximum atomic E-state index is 13.4. The zero-order valence-corrected chi connectivity index (χ0v) is 15.9. The summed E-state index contributed by atoms with van der Waals surface area (Å²) in [5, 5.41) is 0. The molecule has 0 aliphatic rings. The standard InChI is InChI=1S/C24H24N2O2/c1-24(23(25)28,21-15-9-4-10-16-21)26(18-17-19-11-5-2-6-12-19)22(27)20-13-7-3-8-14-20/h2-16H,17-18H2,1H3,(H2,25,28). The highest BCUT2D eigenvalue weighted by atomic mass is 16.2. The van der Waals surface area contributed by atoms with E-state index in [-0.39, 0.29) is 5.91 Å². The number of primary amides is 1. The molecule has 0 aliphatic heterocycles. The third kappa shape index (κ3) is 3.96. The molecule has 1 unspecified atom stereocenters. The van der Waals surface area contributed by atoms with Gasteiger partial charge in [0.25, 0.3) is 5.91 Å². The van der Waals surface area contributed by atoms with E-state index < -0.39 is 11.4 Å². The molecule has 3 aromatic rings. The van der Waals surface area contributed by atoms with E-state index in [4.69, 9.17) is 5.73 Å². The summed E-state index contributed by atoms with van der Waals surface area (Å²) in [5.74, 6) is -0.780. The van der Waals surface area contributed by atoms with Gasteiger partial charge in [-0.1, -0.05) is 78.9 Å². The van der Waals surface area contributed by atoms with Gasteiger partial charge < -0.3 is 10.6 Å². The lowest BCUT2D eigenvalue weighted by Gasteiger charge is -2.39. The van der Waals surface area contributed by atoms with Gasteiger partial charge in [-0.25, -0.2) is 0 Å². The van der Waals surface area contributed by atoms with Gasteiger partial charge in [-0.3, -0.25) is 9.59 Å². The van der Waals surface area contributed by atoms with Gasteiger partial charge >= 0.3 is 0 Å². The van der Waals surface area contributed by atoms with Gasteiger partial charge in [-0.15, -0.1) is 0 Å². The number of hydrogen-bond acceptors (Lipinski definition) is 2. The molecule has 0 aromatic heterocycles. The van der Waals surface area contributed by atoms with E-state index in [1.54, 1.807) is 24.0 Å². The van der Waals surface area contributed by atoms with Crippen LogP contribution in [0.15, 0.2) is 91.0 Å². The molecule has 1 atom stereocenters. The summed E-state index contributed by atoms with van der Waals surface area (Å²) >= 11 is 0. The number of rotatable bonds is 7. The number of carbonyl (C=O) groups is 2. The topological polar surface area (TPSA) is 63.4 Å². The number of benzene rings is 3. The van der Waals surface area contributed by atoms with Gasteiger partial charge in [-0.2, -0.15) is 0 Å². The first kappa shape index (κ1) is 19.4. The molecule has 4 heteroatoms. The van der Waals surface area contributed by atoms with Crippen molar-refractivity contribution in [2.75, 3.05) is 6.54 Å². The largest absolute Gasteiger partial charge is 0.367 e. The molecule has 0 aliphatic carbocycles. The van der Waals surface area contributed by atoms with Crippen LogP contribution in [-0.2, 0) is 16.8 Å². The first-order chi connectivity index (χ1) is 13.5. The second-order valence-corrected chi connectivity index (χ2v) is 6.86. The Morgan fingerprint density at radius 2 is 1.32 bits per heavy atom. The van der Waals surface area contributed by atoms with Crippen LogP contribution in [0.5, 0.6) is 0 Å². The van der Waals surface area contributed by atoms with Crippen LogP contribution in [0, 0.1) is 0 Å². The maximum absolute atomic E-state index is 13.4. The third-order valence-corrected chi connectivity index (χ3v) is 5.09. The van der Waals surface area contributed by atoms with Crippen LogP contribution in [0.2, 0.25) is 0 Å². The second-order valence-electron chi connectivity index (χ2n) is 6.86. The molecule has 4 nitrogen and oxygen atoms in total. The Bertz CT molecular complexity index is 927. The SMILES string of the molecule is CC(C(N)=O)(c1ccccc1)N(CCc1ccccc1)C(=O)c1ccccc1. The van der Waals surface area contributed by atoms with Crippen molar-refractivity contribution in [1.82, 2.24) is 4.90 Å². The molecule has 0 spiro atoms. The first-order valence-corrected chi connectivity index (χ1v) is 9.30. The van der Waals surface area contributed by atoms with Crippen LogP contribution in [-0.4, -0.2) is 23.3 Å². The monoisotopic (exact) mass is 372 g/mol. The summed E-state index contributed by atoms with van der Waals surface area (Å²) in [5.41, 5.74) is 6.91. The number of nitrogens with zero attached hydrogens (tertiary/aromatic N) is 1. The Balaban J connectivity index is 2.03. The molecule has 2 N–H and O–H groups in total. The van der Waals surface area contributed by atoms with Gasteiger partial charge in [0, 0.05) is 12.1 Å². The van der Waals surface area contributed by atoms with Gasteiger partial charge in [-0.05, 0) is 36.6 Å². The van der Waals surface area contributed by atoms with Crippen molar-refractivity contribution in [3.05, 3.63) is 108 Å². The van der Waals surface area contributed by atoms with Gasteiger partial charge in [0.05, 0.1) is 0 Å². The van der Waals surface area contributed by atoms with Crippen LogP contribution >= 0.6 is 0 Å². The lowest BCUT2D eigenvalue weighted by Crippen LogP contribution is -2.56. The molecule has 0 heterocycles. The zero-order valence-electron chi connectivity index (χ0n) is 15.9. The maximum Gasteiger partial charge on any atom is 0.255 e. The summed E-state index contributed by atoms with van der Waals surface area (Å²) in [6.45, 7) is 2.09. The second kappa shape index (κ2) is 8.53. The van der Waals surface area contributed by atoms with Gasteiger partial charge in [0.2, 0.25) is 5.91 Å². The third-order valence-electron chi connectivity index (χ3n) is 5.09. The summed E-state index contributed by atoms with van der Waals surface area (Å²) in [6, 6.07) is 28.1. The molecule has 0 saturated heterocycles. The Morgan fingerprint density at radius 1 is 0.821 bits per heavy atom. The van der Waals surface area contributed by atoms with Crippen LogP contribution in [0.25, 0.3) is 0 Å². The van der Waals surface area contributed by atoms with Crippen LogP contribution in [0.4, 0.5) is 0 Å². The lowest BCUT2D eigenvalue weighted by molar-refractivity contribution is -0.128. The molecule has 0 fully saturated rings. The van der Waals surface area contributed by atoms with Crippen LogP contribution < -0.4 is 5.73 Å². The number of hydrogen-bond donors (Lipinski definition) is 1. The fraction of sp³-hybridized carbons (Fsp3) is 0.167. The molecular formula is C24H24N2O2. The van der Waals surface area contributed by atoms with Crippen molar-refractivity contribution in [3.63, 3.8) is 0 Å². The highest BCUT2D eigenvalue weighted by Crippen LogP contribution is 2.30. The van der Waals surface area contributed by atoms with Crippen LogP contribution in [0.1, 0.15) is 28.4 Å². The number of amides is 2. The molecule has 0 bridgehead atoms. The smallest absolute Gasteiger partial charge is 0.255 e. The predicted octanol–water partition coefficient (Wildman–Crippen LogP) is 3.77. The Labute approximate surface area is 165 Å². The molecule has 28 heavy (non-hydrogen) atoms. The minimum Gasteiger partial charge on any atom is -0.367 e. The molecule has 0 radical (unpaired) electrons. The average Bonchev–Trinajstić information content (AvgIpc) is 2.75. The average molecular weight is 372 g/mol. The van der Waals surface area contributed by atoms with Crippen molar-refractivity contribution in [2.45, 2.75) is 18.9 Å². The van der Waals surface area contributed by atoms with Crippen molar-refractivity contribution in [1.29, 1.82) is 0 Å². The van der Waals surface area contributed by atoms with Crippen molar-refractivity contribution >= 4 is 11.8 Å². The van der Waals surface area contributed by atoms with E-state index in [2.05, 4.69) is 0 Å². The summed E-state index contributed by atoms with van der Waals surface area (Å²) in [7, 11) is 0. The van der Waals surface area contributed by atoms with Gasteiger partial charge in [0.1, 0.15) is 5.54 Å². The van der Waals surface area contributed by atoms with E-state index in [9.17, 15) is 9.59 Å². The first-order valence-electron chi connectivity index (χ1n) is 9.30. The van der Waals surface area contributed by atoms with Crippen molar-refractivity contribution in [2.24, 2.45) is 5.73 Å². The molecule has 3 rings (SSSR count). The quantitative estimate of drug-likeness (QED) is 0.686. The molecular weight excluding hydrogens is 348 g/mol. The summed E-state index contributed by atoms with van der Waals surface area (Å²) in [4.78, 5) is 27.6. The summed E-state index contributed by atoms with van der Waals surface area (Å²) < 4.78 is 0. The highest BCUT2D eigenvalue weighted by Gasteiger charge is 2.42. The predicted molar refractivity (Wildman–Crippen MR) is 111 cm³/mol.